The second-order valence-electron chi connectivity index (χ2n) is 9.84. The molecule has 2 aliphatic carbocycles. The fraction of sp³-hybridized carbons (Fsp3) is 0.464. The van der Waals surface area contributed by atoms with Gasteiger partial charge in [-0.3, -0.25) is 9.59 Å². The van der Waals surface area contributed by atoms with Gasteiger partial charge in [0.1, 0.15) is 23.5 Å². The molecule has 3 aliphatic rings. The lowest BCUT2D eigenvalue weighted by molar-refractivity contribution is -0.246. The average molecular weight is 560 g/mol. The molecule has 2 aromatic carbocycles. The van der Waals surface area contributed by atoms with Gasteiger partial charge in [-0.2, -0.15) is 0 Å². The van der Waals surface area contributed by atoms with E-state index in [0.717, 1.165) is 0 Å². The number of carbonyl (C=O) groups excluding carboxylic acids is 3. The Kier molecular flexibility index (Phi) is 8.88. The molecule has 6 unspecified atom stereocenters. The summed E-state index contributed by atoms with van der Waals surface area (Å²) < 4.78 is 17.3. The maximum absolute atomic E-state index is 13.6. The van der Waals surface area contributed by atoms with Crippen LogP contribution in [0.1, 0.15) is 68.8 Å². The third-order valence-corrected chi connectivity index (χ3v) is 7.48. The summed E-state index contributed by atoms with van der Waals surface area (Å²) in [5, 5.41) is 54.0. The fourth-order valence-electron chi connectivity index (χ4n) is 5.59. The van der Waals surface area contributed by atoms with E-state index in [0.29, 0.717) is 12.7 Å². The highest BCUT2D eigenvalue weighted by molar-refractivity contribution is 6.31. The first-order valence-corrected chi connectivity index (χ1v) is 12.8. The number of benzene rings is 2. The topological polar surface area (TPSA) is 192 Å². The van der Waals surface area contributed by atoms with E-state index in [2.05, 4.69) is 5.32 Å². The number of methoxy groups -OCH3 is 1. The van der Waals surface area contributed by atoms with Crippen LogP contribution in [0.4, 0.5) is 0 Å². The second-order valence-corrected chi connectivity index (χ2v) is 9.84. The van der Waals surface area contributed by atoms with Gasteiger partial charge in [-0.15, -0.1) is 0 Å². The van der Waals surface area contributed by atoms with Gasteiger partial charge >= 0.3 is 0 Å². The molecule has 12 heteroatoms. The maximum Gasteiger partial charge on any atom is 0.202 e. The van der Waals surface area contributed by atoms with E-state index in [4.69, 9.17) is 24.1 Å². The van der Waals surface area contributed by atoms with Crippen molar-refractivity contribution in [3.05, 3.63) is 51.6 Å². The van der Waals surface area contributed by atoms with Crippen LogP contribution < -0.4 is 10.1 Å². The van der Waals surface area contributed by atoms with Crippen LogP contribution in [-0.4, -0.2) is 94.8 Å². The number of hydrogen-bond acceptors (Lipinski definition) is 12. The van der Waals surface area contributed by atoms with Crippen molar-refractivity contribution in [2.45, 2.75) is 62.9 Å². The Balaban J connectivity index is 0.000000867. The highest BCUT2D eigenvalue weighted by Crippen LogP contribution is 2.50. The van der Waals surface area contributed by atoms with E-state index in [1.54, 1.807) is 26.1 Å². The molecular formula is C28H33NO11. The molecule has 6 atom stereocenters. The number of phenolic OH excluding ortho intramolecular Hbond substituents is 2. The first kappa shape index (κ1) is 29.6. The number of phenols is 2. The zero-order valence-corrected chi connectivity index (χ0v) is 22.3. The smallest absolute Gasteiger partial charge is 0.202 e. The summed E-state index contributed by atoms with van der Waals surface area (Å²) in [5.74, 6) is -2.03. The van der Waals surface area contributed by atoms with Crippen LogP contribution in [0.25, 0.3) is 0 Å². The second kappa shape index (κ2) is 12.0. The molecular weight excluding hydrogens is 526 g/mol. The number of carbonyl (C=O) groups is 3. The van der Waals surface area contributed by atoms with E-state index >= 15 is 0 Å². The SMILES string of the molecule is CNC1CC(OC2CC(O)Cc3c(O)c4c(c(O)c32)C(=O)c2c(OC)cccc2C4=O)OC(C)C1O.O=CCO. The number of hydrogen-bond donors (Lipinski definition) is 6. The monoisotopic (exact) mass is 559 g/mol. The molecule has 0 amide bonds. The standard InChI is InChI=1S/C26H29NO9.C2H4O2/c1-10-22(29)14(27-2)9-17(35-10)36-16-8-11(28)7-13-19(16)26(33)21-20(24(13)31)23(30)12-5-4-6-15(34-3)18(12)25(21)32;3-1-2-4/h4-6,10-11,14,16-17,22,27-29,31,33H,7-9H2,1-3H3;1,4H,2H2. The van der Waals surface area contributed by atoms with Crippen molar-refractivity contribution < 1.29 is 54.1 Å². The van der Waals surface area contributed by atoms with Crippen molar-refractivity contribution in [2.24, 2.45) is 0 Å². The molecule has 0 spiro atoms. The van der Waals surface area contributed by atoms with Gasteiger partial charge < -0.3 is 49.9 Å². The third-order valence-electron chi connectivity index (χ3n) is 7.48. The van der Waals surface area contributed by atoms with E-state index in [1.807, 2.05) is 0 Å². The highest BCUT2D eigenvalue weighted by Gasteiger charge is 2.44. The van der Waals surface area contributed by atoms with Gasteiger partial charge in [0.2, 0.25) is 5.78 Å². The molecule has 6 N–H and O–H groups in total. The summed E-state index contributed by atoms with van der Waals surface area (Å²) in [6.45, 7) is 1.35. The van der Waals surface area contributed by atoms with Crippen LogP contribution in [0.3, 0.4) is 0 Å². The summed E-state index contributed by atoms with van der Waals surface area (Å²) >= 11 is 0. The third kappa shape index (κ3) is 5.09. The van der Waals surface area contributed by atoms with Crippen LogP contribution in [0.15, 0.2) is 18.2 Å². The summed E-state index contributed by atoms with van der Waals surface area (Å²) in [7, 11) is 3.09. The van der Waals surface area contributed by atoms with E-state index in [-0.39, 0.29) is 64.6 Å². The number of aliphatic hydroxyl groups excluding tert-OH is 3. The van der Waals surface area contributed by atoms with Crippen molar-refractivity contribution >= 4 is 17.9 Å². The molecule has 0 aromatic heterocycles. The molecule has 5 rings (SSSR count). The quantitative estimate of drug-likeness (QED) is 0.188. The normalized spacial score (nSPS) is 27.1. The number of nitrogens with one attached hydrogen (secondary N) is 1. The summed E-state index contributed by atoms with van der Waals surface area (Å²) in [6.07, 6.45) is -3.18. The molecule has 216 valence electrons. The van der Waals surface area contributed by atoms with Crippen molar-refractivity contribution in [1.82, 2.24) is 5.32 Å². The van der Waals surface area contributed by atoms with Gasteiger partial charge in [-0.25, -0.2) is 0 Å². The van der Waals surface area contributed by atoms with Gasteiger partial charge in [0.25, 0.3) is 0 Å². The molecule has 0 saturated carbocycles. The zero-order valence-electron chi connectivity index (χ0n) is 22.3. The number of ketones is 2. The minimum Gasteiger partial charge on any atom is -0.507 e. The van der Waals surface area contributed by atoms with Crippen molar-refractivity contribution in [1.29, 1.82) is 0 Å². The van der Waals surface area contributed by atoms with Crippen LogP contribution in [0.2, 0.25) is 0 Å². The van der Waals surface area contributed by atoms with Crippen molar-refractivity contribution in [3.8, 4) is 17.2 Å². The summed E-state index contributed by atoms with van der Waals surface area (Å²) in [4.78, 5) is 35.9. The number of ether oxygens (including phenoxy) is 3. The number of aldehydes is 1. The van der Waals surface area contributed by atoms with Gasteiger partial charge in [0, 0.05) is 42.0 Å². The first-order valence-electron chi connectivity index (χ1n) is 12.8. The molecule has 1 heterocycles. The molecule has 0 bridgehead atoms. The number of rotatable bonds is 5. The lowest BCUT2D eigenvalue weighted by atomic mass is 9.76. The van der Waals surface area contributed by atoms with E-state index < -0.39 is 53.8 Å². The van der Waals surface area contributed by atoms with Gasteiger partial charge in [-0.1, -0.05) is 12.1 Å². The maximum atomic E-state index is 13.6. The van der Waals surface area contributed by atoms with Gasteiger partial charge in [0.15, 0.2) is 12.1 Å². The first-order chi connectivity index (χ1) is 19.1. The number of fused-ring (bicyclic) bond motifs is 3. The zero-order chi connectivity index (χ0) is 29.3. The number of aliphatic hydroxyl groups is 3. The molecule has 1 aliphatic heterocycles. The van der Waals surface area contributed by atoms with Crippen molar-refractivity contribution in [2.75, 3.05) is 20.8 Å². The van der Waals surface area contributed by atoms with E-state index in [1.165, 1.54) is 13.2 Å². The molecule has 40 heavy (non-hydrogen) atoms. The molecule has 1 fully saturated rings. The Morgan fingerprint density at radius 3 is 2.38 bits per heavy atom. The van der Waals surface area contributed by atoms with Gasteiger partial charge in [0.05, 0.1) is 54.8 Å². The Hall–Kier alpha value is -3.39. The Bertz CT molecular complexity index is 1310. The predicted octanol–water partition coefficient (Wildman–Crippen LogP) is 0.508. The Labute approximate surface area is 230 Å². The minimum atomic E-state index is -0.938. The summed E-state index contributed by atoms with van der Waals surface area (Å²) in [6, 6.07) is 4.27. The highest BCUT2D eigenvalue weighted by atomic mass is 16.7. The van der Waals surface area contributed by atoms with Crippen LogP contribution in [0, 0.1) is 0 Å². The number of likely N-dealkylation sites (N-methyl/N-ethyl adjacent to an activating group) is 1. The molecule has 2 aromatic rings. The average Bonchev–Trinajstić information content (AvgIpc) is 2.94. The van der Waals surface area contributed by atoms with Crippen molar-refractivity contribution in [3.63, 3.8) is 0 Å². The number of aromatic hydroxyl groups is 2. The lowest BCUT2D eigenvalue weighted by Crippen LogP contribution is -2.53. The van der Waals surface area contributed by atoms with Crippen LogP contribution in [0.5, 0.6) is 17.2 Å². The fourth-order valence-corrected chi connectivity index (χ4v) is 5.59. The lowest BCUT2D eigenvalue weighted by Gasteiger charge is -2.40. The van der Waals surface area contributed by atoms with Gasteiger partial charge in [-0.05, 0) is 20.0 Å². The Morgan fingerprint density at radius 1 is 1.07 bits per heavy atom. The summed E-state index contributed by atoms with van der Waals surface area (Å²) in [5.41, 5.74) is -0.260. The van der Waals surface area contributed by atoms with Crippen LogP contribution in [-0.2, 0) is 20.7 Å². The van der Waals surface area contributed by atoms with Crippen LogP contribution >= 0.6 is 0 Å². The van der Waals surface area contributed by atoms with E-state index in [9.17, 15) is 30.0 Å². The molecule has 1 saturated heterocycles. The molecule has 12 nitrogen and oxygen atoms in total. The Morgan fingerprint density at radius 2 is 1.75 bits per heavy atom. The minimum absolute atomic E-state index is 0.00995. The predicted molar refractivity (Wildman–Crippen MR) is 139 cm³/mol. The molecule has 0 radical (unpaired) electrons. The largest absolute Gasteiger partial charge is 0.507 e.